The third-order valence-corrected chi connectivity index (χ3v) is 4.48. The van der Waals surface area contributed by atoms with Crippen molar-refractivity contribution < 1.29 is 0 Å². The van der Waals surface area contributed by atoms with Crippen LogP contribution in [0.5, 0.6) is 0 Å². The van der Waals surface area contributed by atoms with Crippen molar-refractivity contribution in [2.75, 3.05) is 37.6 Å². The first-order valence-corrected chi connectivity index (χ1v) is 8.35. The van der Waals surface area contributed by atoms with Gasteiger partial charge in [-0.05, 0) is 0 Å². The van der Waals surface area contributed by atoms with Crippen molar-refractivity contribution >= 4 is 11.5 Å². The highest BCUT2D eigenvalue weighted by Gasteiger charge is 2.21. The van der Waals surface area contributed by atoms with Crippen molar-refractivity contribution in [3.63, 3.8) is 0 Å². The minimum absolute atomic E-state index is 0.852. The molecular formula is C15H21N9. The molecule has 1 aliphatic rings. The number of rotatable bonds is 5. The van der Waals surface area contributed by atoms with Gasteiger partial charge in [0.15, 0.2) is 5.82 Å². The van der Waals surface area contributed by atoms with E-state index in [-0.39, 0.29) is 0 Å². The van der Waals surface area contributed by atoms with Gasteiger partial charge in [0.05, 0.1) is 12.7 Å². The maximum atomic E-state index is 4.55. The van der Waals surface area contributed by atoms with Gasteiger partial charge in [-0.25, -0.2) is 4.98 Å². The maximum Gasteiger partial charge on any atom is 0.203 e. The second-order valence-corrected chi connectivity index (χ2v) is 5.91. The molecule has 24 heavy (non-hydrogen) atoms. The predicted octanol–water partition coefficient (Wildman–Crippen LogP) is 0.100. The van der Waals surface area contributed by atoms with Crippen molar-refractivity contribution in [3.05, 3.63) is 30.6 Å². The molecule has 3 aromatic heterocycles. The predicted molar refractivity (Wildman–Crippen MR) is 88.8 cm³/mol. The lowest BCUT2D eigenvalue weighted by Crippen LogP contribution is -2.47. The Hall–Kier alpha value is -2.55. The lowest BCUT2D eigenvalue weighted by atomic mass is 10.3. The van der Waals surface area contributed by atoms with E-state index in [0.29, 0.717) is 0 Å². The molecule has 0 radical (unpaired) electrons. The summed E-state index contributed by atoms with van der Waals surface area (Å²) in [4.78, 5) is 9.30. The monoisotopic (exact) mass is 327 g/mol. The summed E-state index contributed by atoms with van der Waals surface area (Å²) in [5.74, 6) is 1.90. The molecule has 1 fully saturated rings. The molecule has 126 valence electrons. The van der Waals surface area contributed by atoms with Gasteiger partial charge in [-0.15, -0.1) is 15.3 Å². The second kappa shape index (κ2) is 6.52. The molecule has 0 unspecified atom stereocenters. The van der Waals surface area contributed by atoms with Crippen LogP contribution in [0.2, 0.25) is 0 Å². The second-order valence-electron chi connectivity index (χ2n) is 5.91. The summed E-state index contributed by atoms with van der Waals surface area (Å²) in [7, 11) is 0. The SMILES string of the molecule is CCc1nnc2c(N3CCN(CCn4ccnn4)CC3)nccn12. The smallest absolute Gasteiger partial charge is 0.203 e. The molecule has 9 nitrogen and oxygen atoms in total. The lowest BCUT2D eigenvalue weighted by Gasteiger charge is -2.35. The fourth-order valence-corrected chi connectivity index (χ4v) is 3.10. The van der Waals surface area contributed by atoms with Gasteiger partial charge < -0.3 is 4.90 Å². The fraction of sp³-hybridized carbons (Fsp3) is 0.533. The summed E-state index contributed by atoms with van der Waals surface area (Å²) in [6, 6.07) is 0. The van der Waals surface area contributed by atoms with E-state index in [1.807, 2.05) is 27.7 Å². The molecule has 0 N–H and O–H groups in total. The Morgan fingerprint density at radius 2 is 1.88 bits per heavy atom. The molecule has 0 spiro atoms. The van der Waals surface area contributed by atoms with E-state index in [2.05, 4.69) is 42.2 Å². The first-order chi connectivity index (χ1) is 11.8. The summed E-state index contributed by atoms with van der Waals surface area (Å²) >= 11 is 0. The van der Waals surface area contributed by atoms with Gasteiger partial charge in [0.1, 0.15) is 5.82 Å². The van der Waals surface area contributed by atoms with Gasteiger partial charge in [-0.3, -0.25) is 14.0 Å². The van der Waals surface area contributed by atoms with Crippen LogP contribution in [0.3, 0.4) is 0 Å². The minimum Gasteiger partial charge on any atom is -0.351 e. The molecule has 4 heterocycles. The van der Waals surface area contributed by atoms with Crippen LogP contribution in [-0.4, -0.2) is 72.2 Å². The summed E-state index contributed by atoms with van der Waals surface area (Å²) in [6.07, 6.45) is 8.25. The van der Waals surface area contributed by atoms with Crippen LogP contribution in [-0.2, 0) is 13.0 Å². The number of aryl methyl sites for hydroxylation is 1. The number of fused-ring (bicyclic) bond motifs is 1. The molecule has 9 heteroatoms. The van der Waals surface area contributed by atoms with Crippen LogP contribution < -0.4 is 4.90 Å². The zero-order valence-electron chi connectivity index (χ0n) is 13.8. The van der Waals surface area contributed by atoms with Crippen LogP contribution in [0.1, 0.15) is 12.7 Å². The van der Waals surface area contributed by atoms with Gasteiger partial charge in [0, 0.05) is 57.7 Å². The highest BCUT2D eigenvalue weighted by Crippen LogP contribution is 2.19. The molecule has 3 aromatic rings. The normalized spacial score (nSPS) is 16.1. The first-order valence-electron chi connectivity index (χ1n) is 8.35. The summed E-state index contributed by atoms with van der Waals surface area (Å²) < 4.78 is 3.91. The Morgan fingerprint density at radius 1 is 1.00 bits per heavy atom. The van der Waals surface area contributed by atoms with E-state index in [0.717, 1.165) is 63.0 Å². The van der Waals surface area contributed by atoms with Gasteiger partial charge in [-0.1, -0.05) is 12.1 Å². The van der Waals surface area contributed by atoms with Crippen molar-refractivity contribution in [1.29, 1.82) is 0 Å². The maximum absolute atomic E-state index is 4.55. The molecule has 0 aromatic carbocycles. The Labute approximate surface area is 139 Å². The van der Waals surface area contributed by atoms with E-state index in [1.165, 1.54) is 0 Å². The number of hydrogen-bond acceptors (Lipinski definition) is 7. The molecule has 4 rings (SSSR count). The van der Waals surface area contributed by atoms with E-state index >= 15 is 0 Å². The molecule has 1 saturated heterocycles. The highest BCUT2D eigenvalue weighted by molar-refractivity contribution is 5.64. The van der Waals surface area contributed by atoms with Gasteiger partial charge in [0.25, 0.3) is 0 Å². The Morgan fingerprint density at radius 3 is 2.62 bits per heavy atom. The molecule has 0 saturated carbocycles. The van der Waals surface area contributed by atoms with Gasteiger partial charge in [0.2, 0.25) is 5.65 Å². The third-order valence-electron chi connectivity index (χ3n) is 4.48. The Kier molecular flexibility index (Phi) is 4.08. The average molecular weight is 327 g/mol. The van der Waals surface area contributed by atoms with E-state index in [1.54, 1.807) is 6.20 Å². The zero-order valence-corrected chi connectivity index (χ0v) is 13.8. The molecule has 0 aliphatic carbocycles. The average Bonchev–Trinajstić information content (AvgIpc) is 3.29. The lowest BCUT2D eigenvalue weighted by molar-refractivity contribution is 0.243. The highest BCUT2D eigenvalue weighted by atomic mass is 15.4. The van der Waals surface area contributed by atoms with Crippen molar-refractivity contribution in [3.8, 4) is 0 Å². The van der Waals surface area contributed by atoms with E-state index in [9.17, 15) is 0 Å². The van der Waals surface area contributed by atoms with Crippen molar-refractivity contribution in [1.82, 2.24) is 39.5 Å². The zero-order chi connectivity index (χ0) is 16.4. The van der Waals surface area contributed by atoms with Crippen LogP contribution in [0.4, 0.5) is 5.82 Å². The van der Waals surface area contributed by atoms with E-state index in [4.69, 9.17) is 0 Å². The topological polar surface area (TPSA) is 80.3 Å². The Bertz CT molecular complexity index is 786. The minimum atomic E-state index is 0.852. The third kappa shape index (κ3) is 2.82. The largest absolute Gasteiger partial charge is 0.351 e. The number of piperazine rings is 1. The summed E-state index contributed by atoms with van der Waals surface area (Å²) in [6.45, 7) is 7.84. The number of anilines is 1. The fourth-order valence-electron chi connectivity index (χ4n) is 3.10. The van der Waals surface area contributed by atoms with Crippen LogP contribution in [0.25, 0.3) is 5.65 Å². The molecule has 1 aliphatic heterocycles. The van der Waals surface area contributed by atoms with Gasteiger partial charge >= 0.3 is 0 Å². The standard InChI is InChI=1S/C15H21N9/c1-2-13-18-19-15-14(16-3-6-24(13)15)22-10-7-21(8-11-22)9-12-23-5-4-17-20-23/h3-6H,2,7-12H2,1H3. The Balaban J connectivity index is 1.41. The van der Waals surface area contributed by atoms with Crippen LogP contribution in [0, 0.1) is 0 Å². The van der Waals surface area contributed by atoms with Crippen LogP contribution in [0.15, 0.2) is 24.8 Å². The summed E-state index contributed by atoms with van der Waals surface area (Å²) in [5.41, 5.74) is 0.852. The van der Waals surface area contributed by atoms with Crippen molar-refractivity contribution in [2.24, 2.45) is 0 Å². The van der Waals surface area contributed by atoms with Gasteiger partial charge in [-0.2, -0.15) is 0 Å². The van der Waals surface area contributed by atoms with E-state index < -0.39 is 0 Å². The molecule has 0 amide bonds. The number of nitrogens with zero attached hydrogens (tertiary/aromatic N) is 9. The number of hydrogen-bond donors (Lipinski definition) is 0. The van der Waals surface area contributed by atoms with Crippen LogP contribution >= 0.6 is 0 Å². The molecule has 0 bridgehead atoms. The first kappa shape index (κ1) is 15.0. The van der Waals surface area contributed by atoms with Crippen molar-refractivity contribution in [2.45, 2.75) is 19.9 Å². The molecule has 0 atom stereocenters. The number of aromatic nitrogens is 7. The quantitative estimate of drug-likeness (QED) is 0.657. The summed E-state index contributed by atoms with van der Waals surface area (Å²) in [5, 5.41) is 16.4. The molecular weight excluding hydrogens is 306 g/mol.